The summed E-state index contributed by atoms with van der Waals surface area (Å²) in [4.78, 5) is 8.23. The zero-order valence-corrected chi connectivity index (χ0v) is 7.80. The average molecular weight is 186 g/mol. The van der Waals surface area contributed by atoms with Gasteiger partial charge in [0.25, 0.3) is 0 Å². The highest BCUT2D eigenvalue weighted by Gasteiger charge is 1.93. The van der Waals surface area contributed by atoms with E-state index in [2.05, 4.69) is 15.3 Å². The van der Waals surface area contributed by atoms with Crippen LogP contribution in [-0.4, -0.2) is 22.4 Å². The van der Waals surface area contributed by atoms with Crippen LogP contribution in [0.15, 0.2) is 12.3 Å². The fourth-order valence-corrected chi connectivity index (χ4v) is 0.935. The van der Waals surface area contributed by atoms with Gasteiger partial charge in [-0.05, 0) is 19.4 Å². The quantitative estimate of drug-likeness (QED) is 0.575. The second-order valence-corrected chi connectivity index (χ2v) is 2.87. The number of alkyl halides is 1. The molecule has 0 amide bonds. The lowest BCUT2D eigenvalue weighted by Gasteiger charge is -2.02. The molecule has 4 heteroatoms. The minimum Gasteiger partial charge on any atom is -0.354 e. The summed E-state index contributed by atoms with van der Waals surface area (Å²) in [6.07, 6.45) is 2.67. The Hall–Kier alpha value is -0.830. The van der Waals surface area contributed by atoms with Crippen LogP contribution >= 0.6 is 11.6 Å². The van der Waals surface area contributed by atoms with E-state index in [-0.39, 0.29) is 0 Å². The molecule has 0 fully saturated rings. The highest BCUT2D eigenvalue weighted by atomic mass is 35.5. The summed E-state index contributed by atoms with van der Waals surface area (Å²) in [6.45, 7) is 2.77. The lowest BCUT2D eigenvalue weighted by Crippen LogP contribution is -2.05. The fraction of sp³-hybridized carbons (Fsp3) is 0.500. The van der Waals surface area contributed by atoms with Gasteiger partial charge in [-0.3, -0.25) is 0 Å². The Bertz CT molecular complexity index is 239. The normalized spacial score (nSPS) is 9.83. The van der Waals surface area contributed by atoms with Gasteiger partial charge in [0.05, 0.1) is 0 Å². The van der Waals surface area contributed by atoms with Gasteiger partial charge >= 0.3 is 0 Å². The maximum absolute atomic E-state index is 5.52. The zero-order chi connectivity index (χ0) is 8.81. The predicted octanol–water partition coefficient (Wildman–Crippen LogP) is 1.83. The first kappa shape index (κ1) is 9.26. The molecule has 3 nitrogen and oxygen atoms in total. The summed E-state index contributed by atoms with van der Waals surface area (Å²) in [5.41, 5.74) is 0.971. The summed E-state index contributed by atoms with van der Waals surface area (Å²) in [5, 5.41) is 3.08. The van der Waals surface area contributed by atoms with E-state index in [9.17, 15) is 0 Å². The molecule has 0 aromatic carbocycles. The van der Waals surface area contributed by atoms with E-state index in [1.165, 1.54) is 0 Å². The number of halogens is 1. The predicted molar refractivity (Wildman–Crippen MR) is 50.6 cm³/mol. The van der Waals surface area contributed by atoms with Crippen LogP contribution in [0, 0.1) is 6.92 Å². The molecule has 0 unspecified atom stereocenters. The van der Waals surface area contributed by atoms with Crippen molar-refractivity contribution in [2.45, 2.75) is 13.3 Å². The van der Waals surface area contributed by atoms with Gasteiger partial charge in [-0.1, -0.05) is 0 Å². The summed E-state index contributed by atoms with van der Waals surface area (Å²) in [5.74, 6) is 1.35. The molecule has 1 heterocycles. The van der Waals surface area contributed by atoms with E-state index in [0.717, 1.165) is 18.7 Å². The Balaban J connectivity index is 2.41. The number of hydrogen-bond donors (Lipinski definition) is 1. The highest BCUT2D eigenvalue weighted by molar-refractivity contribution is 6.17. The summed E-state index contributed by atoms with van der Waals surface area (Å²) in [7, 11) is 0. The summed E-state index contributed by atoms with van der Waals surface area (Å²) in [6, 6.07) is 1.87. The maximum atomic E-state index is 5.52. The lowest BCUT2D eigenvalue weighted by molar-refractivity contribution is 0.951. The van der Waals surface area contributed by atoms with Gasteiger partial charge in [0.1, 0.15) is 0 Å². The zero-order valence-electron chi connectivity index (χ0n) is 7.05. The van der Waals surface area contributed by atoms with Gasteiger partial charge in [-0.25, -0.2) is 9.97 Å². The number of hydrogen-bond acceptors (Lipinski definition) is 3. The molecule has 1 aromatic rings. The van der Waals surface area contributed by atoms with Crippen LogP contribution in [0.4, 0.5) is 5.95 Å². The Morgan fingerprint density at radius 2 is 2.42 bits per heavy atom. The third-order valence-corrected chi connectivity index (χ3v) is 1.66. The summed E-state index contributed by atoms with van der Waals surface area (Å²) < 4.78 is 0. The number of aryl methyl sites for hydroxylation is 1. The third-order valence-electron chi connectivity index (χ3n) is 1.39. The van der Waals surface area contributed by atoms with E-state index in [1.54, 1.807) is 6.20 Å². The number of aromatic nitrogens is 2. The molecule has 0 saturated carbocycles. The highest BCUT2D eigenvalue weighted by Crippen LogP contribution is 1.98. The van der Waals surface area contributed by atoms with Crippen LogP contribution in [0.3, 0.4) is 0 Å². The minimum atomic E-state index is 0.665. The van der Waals surface area contributed by atoms with E-state index < -0.39 is 0 Å². The maximum Gasteiger partial charge on any atom is 0.222 e. The molecule has 0 atom stereocenters. The molecule has 0 aliphatic rings. The molecule has 12 heavy (non-hydrogen) atoms. The lowest BCUT2D eigenvalue weighted by atomic mass is 10.4. The van der Waals surface area contributed by atoms with Gasteiger partial charge in [-0.2, -0.15) is 0 Å². The van der Waals surface area contributed by atoms with Gasteiger partial charge in [0.2, 0.25) is 5.95 Å². The molecule has 66 valence electrons. The molecule has 0 aliphatic carbocycles. The molecule has 0 saturated heterocycles. The number of anilines is 1. The number of nitrogens with one attached hydrogen (secondary N) is 1. The Labute approximate surface area is 77.2 Å². The standard InChI is InChI=1S/C8H12ClN3/c1-7-3-6-11-8(12-7)10-5-2-4-9/h3,6H,2,4-5H2,1H3,(H,10,11,12). The van der Waals surface area contributed by atoms with Crippen LogP contribution in [0.5, 0.6) is 0 Å². The molecule has 0 spiro atoms. The number of rotatable bonds is 4. The SMILES string of the molecule is Cc1ccnc(NCCCCl)n1. The van der Waals surface area contributed by atoms with E-state index in [1.807, 2.05) is 13.0 Å². The number of nitrogens with zero attached hydrogens (tertiary/aromatic N) is 2. The van der Waals surface area contributed by atoms with Crippen molar-refractivity contribution in [3.05, 3.63) is 18.0 Å². The second-order valence-electron chi connectivity index (χ2n) is 2.49. The van der Waals surface area contributed by atoms with Crippen LogP contribution in [0.2, 0.25) is 0 Å². The first-order valence-corrected chi connectivity index (χ1v) is 4.46. The van der Waals surface area contributed by atoms with Gasteiger partial charge in [0.15, 0.2) is 0 Å². The fourth-order valence-electron chi connectivity index (χ4n) is 0.801. The van der Waals surface area contributed by atoms with E-state index >= 15 is 0 Å². The first-order valence-electron chi connectivity index (χ1n) is 3.92. The summed E-state index contributed by atoms with van der Waals surface area (Å²) >= 11 is 5.52. The van der Waals surface area contributed by atoms with E-state index in [4.69, 9.17) is 11.6 Å². The largest absolute Gasteiger partial charge is 0.354 e. The van der Waals surface area contributed by atoms with Crippen molar-refractivity contribution in [3.63, 3.8) is 0 Å². The first-order chi connectivity index (χ1) is 5.83. The van der Waals surface area contributed by atoms with Crippen LogP contribution in [0.1, 0.15) is 12.1 Å². The molecule has 1 rings (SSSR count). The van der Waals surface area contributed by atoms with Crippen molar-refractivity contribution in [2.75, 3.05) is 17.7 Å². The van der Waals surface area contributed by atoms with Gasteiger partial charge < -0.3 is 5.32 Å². The van der Waals surface area contributed by atoms with Crippen LogP contribution in [-0.2, 0) is 0 Å². The van der Waals surface area contributed by atoms with Crippen LogP contribution < -0.4 is 5.32 Å². The molecule has 1 aromatic heterocycles. The van der Waals surface area contributed by atoms with Gasteiger partial charge in [-0.15, -0.1) is 11.6 Å². The molecule has 0 bridgehead atoms. The Kier molecular flexibility index (Phi) is 3.80. The van der Waals surface area contributed by atoms with Crippen molar-refractivity contribution >= 4 is 17.5 Å². The van der Waals surface area contributed by atoms with Crippen molar-refractivity contribution in [2.24, 2.45) is 0 Å². The monoisotopic (exact) mass is 185 g/mol. The third kappa shape index (κ3) is 3.05. The van der Waals surface area contributed by atoms with Crippen molar-refractivity contribution in [1.82, 2.24) is 9.97 Å². The minimum absolute atomic E-state index is 0.665. The van der Waals surface area contributed by atoms with Crippen molar-refractivity contribution in [3.8, 4) is 0 Å². The molecular formula is C8H12ClN3. The smallest absolute Gasteiger partial charge is 0.222 e. The van der Waals surface area contributed by atoms with E-state index in [0.29, 0.717) is 11.8 Å². The van der Waals surface area contributed by atoms with Crippen molar-refractivity contribution < 1.29 is 0 Å². The Morgan fingerprint density at radius 3 is 3.08 bits per heavy atom. The van der Waals surface area contributed by atoms with Gasteiger partial charge in [0, 0.05) is 24.3 Å². The molecule has 1 N–H and O–H groups in total. The topological polar surface area (TPSA) is 37.8 Å². The van der Waals surface area contributed by atoms with Crippen LogP contribution in [0.25, 0.3) is 0 Å². The van der Waals surface area contributed by atoms with Crippen molar-refractivity contribution in [1.29, 1.82) is 0 Å². The Morgan fingerprint density at radius 1 is 1.58 bits per heavy atom. The molecule has 0 aliphatic heterocycles. The molecular weight excluding hydrogens is 174 g/mol. The molecule has 0 radical (unpaired) electrons. The average Bonchev–Trinajstić information content (AvgIpc) is 2.05. The second kappa shape index (κ2) is 4.93.